The van der Waals surface area contributed by atoms with Gasteiger partial charge in [-0.05, 0) is 18.8 Å². The summed E-state index contributed by atoms with van der Waals surface area (Å²) in [6.07, 6.45) is 2.76. The van der Waals surface area contributed by atoms with Crippen molar-refractivity contribution in [3.05, 3.63) is 27.0 Å². The SMILES string of the molecule is Cn1cc(S(=O)(=O)NCC2CCCC2O)c(=O)n(C)c1=O. The van der Waals surface area contributed by atoms with Crippen LogP contribution in [0.5, 0.6) is 0 Å². The molecule has 1 aliphatic carbocycles. The van der Waals surface area contributed by atoms with Crippen LogP contribution in [0.1, 0.15) is 19.3 Å². The Morgan fingerprint density at radius 1 is 1.33 bits per heavy atom. The zero-order chi connectivity index (χ0) is 15.8. The molecule has 2 rings (SSSR count). The van der Waals surface area contributed by atoms with Crippen LogP contribution in [0.3, 0.4) is 0 Å². The van der Waals surface area contributed by atoms with E-state index in [4.69, 9.17) is 0 Å². The number of aromatic nitrogens is 2. The van der Waals surface area contributed by atoms with Crippen molar-refractivity contribution in [1.82, 2.24) is 13.9 Å². The lowest BCUT2D eigenvalue weighted by atomic mass is 10.1. The predicted molar refractivity (Wildman–Crippen MR) is 75.5 cm³/mol. The zero-order valence-corrected chi connectivity index (χ0v) is 12.8. The van der Waals surface area contributed by atoms with Crippen LogP contribution < -0.4 is 16.0 Å². The summed E-state index contributed by atoms with van der Waals surface area (Å²) in [5.41, 5.74) is -1.46. The summed E-state index contributed by atoms with van der Waals surface area (Å²) in [5.74, 6) is -0.142. The van der Waals surface area contributed by atoms with Crippen molar-refractivity contribution in [2.24, 2.45) is 20.0 Å². The van der Waals surface area contributed by atoms with Gasteiger partial charge in [0.05, 0.1) is 6.10 Å². The average molecular weight is 317 g/mol. The van der Waals surface area contributed by atoms with Crippen LogP contribution in [0.25, 0.3) is 0 Å². The van der Waals surface area contributed by atoms with E-state index in [1.54, 1.807) is 0 Å². The number of nitrogens with zero attached hydrogens (tertiary/aromatic N) is 2. The molecule has 1 fully saturated rings. The fraction of sp³-hybridized carbons (Fsp3) is 0.667. The predicted octanol–water partition coefficient (Wildman–Crippen LogP) is -1.48. The Kier molecular flexibility index (Phi) is 4.35. The van der Waals surface area contributed by atoms with E-state index >= 15 is 0 Å². The smallest absolute Gasteiger partial charge is 0.330 e. The molecule has 21 heavy (non-hydrogen) atoms. The van der Waals surface area contributed by atoms with Gasteiger partial charge in [-0.2, -0.15) is 0 Å². The maximum absolute atomic E-state index is 12.2. The fourth-order valence-electron chi connectivity index (χ4n) is 2.51. The molecule has 0 saturated heterocycles. The molecule has 2 atom stereocenters. The van der Waals surface area contributed by atoms with E-state index in [0.29, 0.717) is 6.42 Å². The number of aryl methyl sites for hydroxylation is 1. The lowest BCUT2D eigenvalue weighted by Crippen LogP contribution is -2.42. The van der Waals surface area contributed by atoms with Gasteiger partial charge in [-0.3, -0.25) is 9.36 Å². The zero-order valence-electron chi connectivity index (χ0n) is 11.9. The van der Waals surface area contributed by atoms with E-state index in [-0.39, 0.29) is 12.5 Å². The Hall–Kier alpha value is -1.45. The largest absolute Gasteiger partial charge is 0.393 e. The second-order valence-corrected chi connectivity index (χ2v) is 7.10. The van der Waals surface area contributed by atoms with Crippen molar-refractivity contribution in [3.8, 4) is 0 Å². The second kappa shape index (κ2) is 5.74. The molecule has 1 saturated carbocycles. The lowest BCUT2D eigenvalue weighted by molar-refractivity contribution is 0.134. The molecular weight excluding hydrogens is 298 g/mol. The minimum absolute atomic E-state index is 0.0789. The molecule has 1 aliphatic rings. The molecule has 1 aromatic rings. The van der Waals surface area contributed by atoms with Crippen molar-refractivity contribution in [3.63, 3.8) is 0 Å². The van der Waals surface area contributed by atoms with Gasteiger partial charge in [0.2, 0.25) is 10.0 Å². The number of nitrogens with one attached hydrogen (secondary N) is 1. The molecule has 9 heteroatoms. The number of hydrogen-bond acceptors (Lipinski definition) is 5. The fourth-order valence-corrected chi connectivity index (χ4v) is 3.76. The standard InChI is InChI=1S/C12H19N3O5S/c1-14-7-10(11(17)15(2)12(14)18)21(19,20)13-6-8-4-3-5-9(8)16/h7-9,13,16H,3-6H2,1-2H3. The van der Waals surface area contributed by atoms with Crippen LogP contribution in [0, 0.1) is 5.92 Å². The third-order valence-electron chi connectivity index (χ3n) is 3.86. The quantitative estimate of drug-likeness (QED) is 0.704. The van der Waals surface area contributed by atoms with Gasteiger partial charge in [0.25, 0.3) is 5.56 Å². The highest BCUT2D eigenvalue weighted by Crippen LogP contribution is 2.24. The maximum Gasteiger partial charge on any atom is 0.330 e. The van der Waals surface area contributed by atoms with E-state index in [2.05, 4.69) is 4.72 Å². The Bertz CT molecular complexity index is 749. The summed E-state index contributed by atoms with van der Waals surface area (Å²) >= 11 is 0. The first-order chi connectivity index (χ1) is 9.74. The number of aliphatic hydroxyl groups is 1. The number of sulfonamides is 1. The first-order valence-corrected chi connectivity index (χ1v) is 8.16. The van der Waals surface area contributed by atoms with Crippen molar-refractivity contribution in [1.29, 1.82) is 0 Å². The molecular formula is C12H19N3O5S. The van der Waals surface area contributed by atoms with Gasteiger partial charge in [-0.15, -0.1) is 0 Å². The maximum atomic E-state index is 12.2. The molecule has 1 aromatic heterocycles. The third-order valence-corrected chi connectivity index (χ3v) is 5.26. The van der Waals surface area contributed by atoms with E-state index < -0.39 is 32.3 Å². The number of rotatable bonds is 4. The van der Waals surface area contributed by atoms with E-state index in [0.717, 1.165) is 28.2 Å². The Labute approximate surface area is 122 Å². The summed E-state index contributed by atoms with van der Waals surface area (Å²) in [7, 11) is -1.41. The lowest BCUT2D eigenvalue weighted by Gasteiger charge is -2.15. The summed E-state index contributed by atoms with van der Waals surface area (Å²) < 4.78 is 28.6. The number of aliphatic hydroxyl groups excluding tert-OH is 1. The summed E-state index contributed by atoms with van der Waals surface area (Å²) in [6.45, 7) is 0.0789. The summed E-state index contributed by atoms with van der Waals surface area (Å²) in [4.78, 5) is 23.0. The first-order valence-electron chi connectivity index (χ1n) is 6.68. The molecule has 0 aliphatic heterocycles. The van der Waals surface area contributed by atoms with E-state index in [1.807, 2.05) is 0 Å². The van der Waals surface area contributed by atoms with Gasteiger partial charge in [-0.25, -0.2) is 17.9 Å². The van der Waals surface area contributed by atoms with Gasteiger partial charge in [0.1, 0.15) is 0 Å². The molecule has 0 bridgehead atoms. The first kappa shape index (κ1) is 15.9. The third kappa shape index (κ3) is 3.09. The minimum Gasteiger partial charge on any atom is -0.393 e. The average Bonchev–Trinajstić information content (AvgIpc) is 2.83. The van der Waals surface area contributed by atoms with Gasteiger partial charge in [-0.1, -0.05) is 6.42 Å². The Morgan fingerprint density at radius 3 is 2.57 bits per heavy atom. The monoisotopic (exact) mass is 317 g/mol. The Balaban J connectivity index is 2.28. The van der Waals surface area contributed by atoms with Gasteiger partial charge in [0, 0.05) is 26.8 Å². The second-order valence-electron chi connectivity index (χ2n) is 5.36. The number of hydrogen-bond donors (Lipinski definition) is 2. The topological polar surface area (TPSA) is 110 Å². The van der Waals surface area contributed by atoms with Crippen molar-refractivity contribution in [2.45, 2.75) is 30.3 Å². The molecule has 118 valence electrons. The van der Waals surface area contributed by atoms with Crippen LogP contribution in [-0.2, 0) is 24.1 Å². The van der Waals surface area contributed by atoms with Gasteiger partial charge < -0.3 is 9.67 Å². The molecule has 0 aromatic carbocycles. The van der Waals surface area contributed by atoms with Gasteiger partial charge >= 0.3 is 5.69 Å². The highest BCUT2D eigenvalue weighted by atomic mass is 32.2. The molecule has 8 nitrogen and oxygen atoms in total. The molecule has 0 spiro atoms. The molecule has 1 heterocycles. The summed E-state index contributed by atoms with van der Waals surface area (Å²) in [5, 5.41) is 9.69. The Morgan fingerprint density at radius 2 is 2.00 bits per heavy atom. The molecule has 2 N–H and O–H groups in total. The van der Waals surface area contributed by atoms with Crippen molar-refractivity contribution < 1.29 is 13.5 Å². The molecule has 2 unspecified atom stereocenters. The van der Waals surface area contributed by atoms with Crippen molar-refractivity contribution >= 4 is 10.0 Å². The highest BCUT2D eigenvalue weighted by molar-refractivity contribution is 7.89. The van der Waals surface area contributed by atoms with Crippen LogP contribution in [0.15, 0.2) is 20.7 Å². The van der Waals surface area contributed by atoms with E-state index in [1.165, 1.54) is 14.1 Å². The summed E-state index contributed by atoms with van der Waals surface area (Å²) in [6, 6.07) is 0. The van der Waals surface area contributed by atoms with Crippen LogP contribution in [0.2, 0.25) is 0 Å². The highest BCUT2D eigenvalue weighted by Gasteiger charge is 2.28. The molecule has 0 amide bonds. The minimum atomic E-state index is -4.02. The van der Waals surface area contributed by atoms with Crippen LogP contribution >= 0.6 is 0 Å². The van der Waals surface area contributed by atoms with Gasteiger partial charge in [0.15, 0.2) is 4.90 Å². The molecule has 0 radical (unpaired) electrons. The normalized spacial score (nSPS) is 22.6. The van der Waals surface area contributed by atoms with Crippen LogP contribution in [-0.4, -0.2) is 35.3 Å². The van der Waals surface area contributed by atoms with E-state index in [9.17, 15) is 23.1 Å². The van der Waals surface area contributed by atoms with Crippen molar-refractivity contribution in [2.75, 3.05) is 6.54 Å². The van der Waals surface area contributed by atoms with Crippen LogP contribution in [0.4, 0.5) is 0 Å².